The number of aryl methyl sites for hydroxylation is 1. The molecule has 0 radical (unpaired) electrons. The van der Waals surface area contributed by atoms with E-state index >= 15 is 0 Å². The van der Waals surface area contributed by atoms with Crippen molar-refractivity contribution in [2.45, 2.75) is 26.3 Å². The van der Waals surface area contributed by atoms with Crippen LogP contribution in [0.3, 0.4) is 0 Å². The molecule has 2 aromatic rings. The summed E-state index contributed by atoms with van der Waals surface area (Å²) in [5, 5.41) is 3.48. The third-order valence-corrected chi connectivity index (χ3v) is 3.42. The Kier molecular flexibility index (Phi) is 4.61. The van der Waals surface area contributed by atoms with Crippen LogP contribution in [0.4, 0.5) is 10.1 Å². The molecule has 20 heavy (non-hydrogen) atoms. The summed E-state index contributed by atoms with van der Waals surface area (Å²) >= 11 is 0. The number of ether oxygens (including phenoxy) is 1. The van der Waals surface area contributed by atoms with Crippen molar-refractivity contribution in [2.24, 2.45) is 0 Å². The normalized spacial score (nSPS) is 12.0. The van der Waals surface area contributed by atoms with Crippen molar-refractivity contribution < 1.29 is 9.13 Å². The molecule has 0 saturated carbocycles. The number of halogens is 1. The van der Waals surface area contributed by atoms with Gasteiger partial charge in [-0.1, -0.05) is 19.1 Å². The molecule has 0 aliphatic rings. The molecule has 2 rings (SSSR count). The Morgan fingerprint density at radius 1 is 1.15 bits per heavy atom. The molecule has 2 aromatic carbocycles. The van der Waals surface area contributed by atoms with Gasteiger partial charge in [-0.15, -0.1) is 0 Å². The van der Waals surface area contributed by atoms with Gasteiger partial charge in [0, 0.05) is 5.69 Å². The van der Waals surface area contributed by atoms with E-state index in [1.807, 2.05) is 31.2 Å². The standard InChI is InChI=1S/C17H20FNO/c1-4-16(13-5-7-14(18)8-6-13)19-15-9-10-17(20-3)12(2)11-15/h5-11,16,19H,4H2,1-3H3. The zero-order chi connectivity index (χ0) is 14.5. The number of methoxy groups -OCH3 is 1. The van der Waals surface area contributed by atoms with Crippen LogP contribution in [0.15, 0.2) is 42.5 Å². The van der Waals surface area contributed by atoms with Crippen LogP contribution in [0.2, 0.25) is 0 Å². The lowest BCUT2D eigenvalue weighted by Crippen LogP contribution is -2.09. The lowest BCUT2D eigenvalue weighted by molar-refractivity contribution is 0.412. The topological polar surface area (TPSA) is 21.3 Å². The SMILES string of the molecule is CCC(Nc1ccc(OC)c(C)c1)c1ccc(F)cc1. The predicted molar refractivity (Wildman–Crippen MR) is 80.8 cm³/mol. The highest BCUT2D eigenvalue weighted by Gasteiger charge is 2.10. The van der Waals surface area contributed by atoms with Gasteiger partial charge in [0.1, 0.15) is 11.6 Å². The predicted octanol–water partition coefficient (Wildman–Crippen LogP) is 4.71. The van der Waals surface area contributed by atoms with Gasteiger partial charge in [0.25, 0.3) is 0 Å². The van der Waals surface area contributed by atoms with Gasteiger partial charge in [-0.2, -0.15) is 0 Å². The summed E-state index contributed by atoms with van der Waals surface area (Å²) in [6.45, 7) is 4.13. The number of rotatable bonds is 5. The molecule has 0 aromatic heterocycles. The summed E-state index contributed by atoms with van der Waals surface area (Å²) in [4.78, 5) is 0. The van der Waals surface area contributed by atoms with Crippen LogP contribution in [0.1, 0.15) is 30.5 Å². The van der Waals surface area contributed by atoms with Gasteiger partial charge in [0.2, 0.25) is 0 Å². The van der Waals surface area contributed by atoms with Gasteiger partial charge in [-0.25, -0.2) is 4.39 Å². The average Bonchev–Trinajstić information content (AvgIpc) is 2.46. The molecule has 0 amide bonds. The van der Waals surface area contributed by atoms with Crippen LogP contribution < -0.4 is 10.1 Å². The summed E-state index contributed by atoms with van der Waals surface area (Å²) in [5.41, 5.74) is 3.22. The van der Waals surface area contributed by atoms with E-state index in [1.165, 1.54) is 12.1 Å². The fraction of sp³-hybridized carbons (Fsp3) is 0.294. The first-order valence-corrected chi connectivity index (χ1v) is 6.80. The van der Waals surface area contributed by atoms with Crippen LogP contribution in [-0.4, -0.2) is 7.11 Å². The largest absolute Gasteiger partial charge is 0.496 e. The van der Waals surface area contributed by atoms with Crippen molar-refractivity contribution in [1.29, 1.82) is 0 Å². The number of benzene rings is 2. The minimum atomic E-state index is -0.205. The van der Waals surface area contributed by atoms with Crippen LogP contribution in [0.25, 0.3) is 0 Å². The van der Waals surface area contributed by atoms with Crippen molar-refractivity contribution >= 4 is 5.69 Å². The second kappa shape index (κ2) is 6.42. The van der Waals surface area contributed by atoms with Crippen molar-refractivity contribution in [1.82, 2.24) is 0 Å². The highest BCUT2D eigenvalue weighted by Crippen LogP contribution is 2.26. The van der Waals surface area contributed by atoms with E-state index in [4.69, 9.17) is 4.74 Å². The zero-order valence-corrected chi connectivity index (χ0v) is 12.1. The maximum Gasteiger partial charge on any atom is 0.123 e. The summed E-state index contributed by atoms with van der Waals surface area (Å²) < 4.78 is 18.2. The number of hydrogen-bond acceptors (Lipinski definition) is 2. The van der Waals surface area contributed by atoms with Crippen molar-refractivity contribution in [3.05, 3.63) is 59.4 Å². The van der Waals surface area contributed by atoms with Gasteiger partial charge in [-0.3, -0.25) is 0 Å². The fourth-order valence-corrected chi connectivity index (χ4v) is 2.29. The van der Waals surface area contributed by atoms with E-state index in [0.717, 1.165) is 29.0 Å². The molecular weight excluding hydrogens is 253 g/mol. The fourth-order valence-electron chi connectivity index (χ4n) is 2.29. The van der Waals surface area contributed by atoms with Crippen molar-refractivity contribution in [2.75, 3.05) is 12.4 Å². The maximum absolute atomic E-state index is 13.0. The molecule has 106 valence electrons. The van der Waals surface area contributed by atoms with Crippen LogP contribution in [0, 0.1) is 12.7 Å². The van der Waals surface area contributed by atoms with E-state index in [0.29, 0.717) is 0 Å². The Morgan fingerprint density at radius 2 is 1.85 bits per heavy atom. The Morgan fingerprint density at radius 3 is 2.40 bits per heavy atom. The molecule has 3 heteroatoms. The van der Waals surface area contributed by atoms with Crippen molar-refractivity contribution in [3.8, 4) is 5.75 Å². The monoisotopic (exact) mass is 273 g/mol. The quantitative estimate of drug-likeness (QED) is 0.852. The molecule has 0 aliphatic heterocycles. The first-order chi connectivity index (χ1) is 9.63. The molecule has 2 nitrogen and oxygen atoms in total. The van der Waals surface area contributed by atoms with E-state index < -0.39 is 0 Å². The highest BCUT2D eigenvalue weighted by atomic mass is 19.1. The van der Waals surface area contributed by atoms with Gasteiger partial charge in [0.15, 0.2) is 0 Å². The molecule has 0 fully saturated rings. The first-order valence-electron chi connectivity index (χ1n) is 6.80. The van der Waals surface area contributed by atoms with E-state index in [-0.39, 0.29) is 11.9 Å². The van der Waals surface area contributed by atoms with E-state index in [9.17, 15) is 4.39 Å². The average molecular weight is 273 g/mol. The third kappa shape index (κ3) is 3.29. The van der Waals surface area contributed by atoms with Crippen LogP contribution in [0.5, 0.6) is 5.75 Å². The Balaban J connectivity index is 2.17. The maximum atomic E-state index is 13.0. The molecule has 1 atom stereocenters. The van der Waals surface area contributed by atoms with Gasteiger partial charge in [-0.05, 0) is 54.8 Å². The smallest absolute Gasteiger partial charge is 0.123 e. The molecule has 0 spiro atoms. The van der Waals surface area contributed by atoms with Crippen molar-refractivity contribution in [3.63, 3.8) is 0 Å². The Hall–Kier alpha value is -2.03. The van der Waals surface area contributed by atoms with Gasteiger partial charge < -0.3 is 10.1 Å². The minimum absolute atomic E-state index is 0.170. The van der Waals surface area contributed by atoms with Crippen LogP contribution in [-0.2, 0) is 0 Å². The highest BCUT2D eigenvalue weighted by molar-refractivity contribution is 5.52. The molecule has 0 saturated heterocycles. The van der Waals surface area contributed by atoms with Crippen LogP contribution >= 0.6 is 0 Å². The van der Waals surface area contributed by atoms with E-state index in [1.54, 1.807) is 7.11 Å². The number of anilines is 1. The summed E-state index contributed by atoms with van der Waals surface area (Å²) in [6, 6.07) is 12.8. The lowest BCUT2D eigenvalue weighted by atomic mass is 10.0. The second-order valence-corrected chi connectivity index (χ2v) is 4.84. The second-order valence-electron chi connectivity index (χ2n) is 4.84. The Labute approximate surface area is 119 Å². The summed E-state index contributed by atoms with van der Waals surface area (Å²) in [5.74, 6) is 0.675. The number of nitrogens with one attached hydrogen (secondary N) is 1. The minimum Gasteiger partial charge on any atom is -0.496 e. The third-order valence-electron chi connectivity index (χ3n) is 3.42. The van der Waals surface area contributed by atoms with Gasteiger partial charge in [0.05, 0.1) is 13.2 Å². The molecule has 0 heterocycles. The first kappa shape index (κ1) is 14.4. The molecule has 1 unspecified atom stereocenters. The summed E-state index contributed by atoms with van der Waals surface area (Å²) in [6.07, 6.45) is 0.927. The zero-order valence-electron chi connectivity index (χ0n) is 12.1. The van der Waals surface area contributed by atoms with Gasteiger partial charge >= 0.3 is 0 Å². The lowest BCUT2D eigenvalue weighted by Gasteiger charge is -2.19. The van der Waals surface area contributed by atoms with E-state index in [2.05, 4.69) is 18.3 Å². The molecule has 0 aliphatic carbocycles. The molecular formula is C17H20FNO. The molecule has 1 N–H and O–H groups in total. The Bertz CT molecular complexity index is 566. The summed E-state index contributed by atoms with van der Waals surface area (Å²) in [7, 11) is 1.67. The number of hydrogen-bond donors (Lipinski definition) is 1. The molecule has 0 bridgehead atoms.